The van der Waals surface area contributed by atoms with Crippen molar-refractivity contribution in [1.29, 1.82) is 0 Å². The number of carbonyl (C=O) groups is 1. The van der Waals surface area contributed by atoms with Crippen molar-refractivity contribution in [1.82, 2.24) is 0 Å². The molecule has 1 aliphatic rings. The van der Waals surface area contributed by atoms with Gasteiger partial charge in [-0.15, -0.1) is 0 Å². The second-order valence-corrected chi connectivity index (χ2v) is 11.4. The summed E-state index contributed by atoms with van der Waals surface area (Å²) >= 11 is 1.34. The normalized spacial score (nSPS) is 21.8. The summed E-state index contributed by atoms with van der Waals surface area (Å²) in [5.74, 6) is -0.803. The van der Waals surface area contributed by atoms with Crippen molar-refractivity contribution in [2.24, 2.45) is 0 Å². The second-order valence-electron chi connectivity index (χ2n) is 10.2. The molecule has 4 aromatic rings. The van der Waals surface area contributed by atoms with E-state index >= 15 is 0 Å². The highest BCUT2D eigenvalue weighted by Crippen LogP contribution is 2.38. The third kappa shape index (κ3) is 9.23. The quantitative estimate of drug-likeness (QED) is 0.153. The Morgan fingerprint density at radius 3 is 1.74 bits per heavy atom. The Labute approximate surface area is 256 Å². The van der Waals surface area contributed by atoms with Crippen LogP contribution in [0.5, 0.6) is 0 Å². The SMILES string of the molecule is CC(=O)O[C@H]1[C@@H](OCc2ccccc2)[C@H](OCc2ccccc2)[C@@H](COCc2ccccc2)O[C@@H]1Sc1ccc(F)cc1. The highest BCUT2D eigenvalue weighted by Gasteiger charge is 2.50. The molecular formula is C35H35FO6S. The van der Waals surface area contributed by atoms with Gasteiger partial charge >= 0.3 is 5.97 Å². The summed E-state index contributed by atoms with van der Waals surface area (Å²) in [6.45, 7) is 2.55. The molecule has 1 heterocycles. The van der Waals surface area contributed by atoms with Crippen molar-refractivity contribution in [2.75, 3.05) is 6.61 Å². The number of benzene rings is 4. The summed E-state index contributed by atoms with van der Waals surface area (Å²) in [5, 5.41) is 0. The van der Waals surface area contributed by atoms with Gasteiger partial charge in [0.25, 0.3) is 0 Å². The summed E-state index contributed by atoms with van der Waals surface area (Å²) in [7, 11) is 0. The lowest BCUT2D eigenvalue weighted by molar-refractivity contribution is -0.249. The molecule has 0 bridgehead atoms. The van der Waals surface area contributed by atoms with E-state index in [1.165, 1.54) is 30.8 Å². The summed E-state index contributed by atoms with van der Waals surface area (Å²) < 4.78 is 45.5. The van der Waals surface area contributed by atoms with Gasteiger partial charge < -0.3 is 23.7 Å². The van der Waals surface area contributed by atoms with Gasteiger partial charge in [-0.3, -0.25) is 4.79 Å². The van der Waals surface area contributed by atoms with E-state index in [0.717, 1.165) is 21.6 Å². The number of halogens is 1. The second kappa shape index (κ2) is 15.8. The first-order valence-corrected chi connectivity index (χ1v) is 15.1. The van der Waals surface area contributed by atoms with Gasteiger partial charge in [0.2, 0.25) is 0 Å². The number of rotatable bonds is 13. The molecule has 43 heavy (non-hydrogen) atoms. The van der Waals surface area contributed by atoms with Crippen LogP contribution in [0.15, 0.2) is 120 Å². The minimum Gasteiger partial charge on any atom is -0.456 e. The van der Waals surface area contributed by atoms with Crippen molar-refractivity contribution < 1.29 is 32.9 Å². The molecule has 6 nitrogen and oxygen atoms in total. The first-order valence-electron chi connectivity index (χ1n) is 14.2. The number of ether oxygens (including phenoxy) is 5. The van der Waals surface area contributed by atoms with Crippen molar-refractivity contribution >= 4 is 17.7 Å². The molecule has 0 aliphatic carbocycles. The smallest absolute Gasteiger partial charge is 0.303 e. The Hall–Kier alpha value is -3.53. The van der Waals surface area contributed by atoms with Crippen LogP contribution in [0, 0.1) is 5.82 Å². The molecule has 0 unspecified atom stereocenters. The molecule has 0 radical (unpaired) electrons. The van der Waals surface area contributed by atoms with Crippen LogP contribution >= 0.6 is 11.8 Å². The lowest BCUT2D eigenvalue weighted by atomic mass is 9.99. The Balaban J connectivity index is 1.44. The predicted molar refractivity (Wildman–Crippen MR) is 163 cm³/mol. The molecule has 4 aromatic carbocycles. The number of carbonyl (C=O) groups excluding carboxylic acids is 1. The summed E-state index contributed by atoms with van der Waals surface area (Å²) in [6.07, 6.45) is -2.70. The van der Waals surface area contributed by atoms with Crippen LogP contribution in [-0.4, -0.2) is 42.4 Å². The zero-order valence-corrected chi connectivity index (χ0v) is 24.7. The molecule has 0 saturated carbocycles. The monoisotopic (exact) mass is 602 g/mol. The van der Waals surface area contributed by atoms with Crippen molar-refractivity contribution in [3.05, 3.63) is 138 Å². The van der Waals surface area contributed by atoms with E-state index in [-0.39, 0.29) is 19.0 Å². The summed E-state index contributed by atoms with van der Waals surface area (Å²) in [5.41, 5.74) is 2.32. The van der Waals surface area contributed by atoms with Gasteiger partial charge in [0, 0.05) is 11.8 Å². The highest BCUT2D eigenvalue weighted by atomic mass is 32.2. The zero-order chi connectivity index (χ0) is 29.9. The average molecular weight is 603 g/mol. The van der Waals surface area contributed by atoms with Gasteiger partial charge in [0.05, 0.1) is 26.4 Å². The Bertz CT molecular complexity index is 1390. The minimum absolute atomic E-state index is 0.215. The molecule has 0 spiro atoms. The molecule has 1 fully saturated rings. The van der Waals surface area contributed by atoms with Gasteiger partial charge in [0.15, 0.2) is 6.10 Å². The van der Waals surface area contributed by atoms with E-state index in [0.29, 0.717) is 13.2 Å². The average Bonchev–Trinajstić information content (AvgIpc) is 3.03. The van der Waals surface area contributed by atoms with Gasteiger partial charge in [-0.05, 0) is 41.0 Å². The van der Waals surface area contributed by atoms with Gasteiger partial charge in [-0.1, -0.05) is 103 Å². The van der Waals surface area contributed by atoms with E-state index < -0.39 is 35.8 Å². The molecule has 5 atom stereocenters. The van der Waals surface area contributed by atoms with Crippen LogP contribution in [0.4, 0.5) is 4.39 Å². The molecule has 0 amide bonds. The maximum absolute atomic E-state index is 13.7. The summed E-state index contributed by atoms with van der Waals surface area (Å²) in [6, 6.07) is 35.7. The Kier molecular flexibility index (Phi) is 11.4. The maximum Gasteiger partial charge on any atom is 0.303 e. The van der Waals surface area contributed by atoms with Crippen LogP contribution < -0.4 is 0 Å². The molecule has 5 rings (SSSR count). The van der Waals surface area contributed by atoms with Crippen molar-refractivity contribution in [3.63, 3.8) is 0 Å². The van der Waals surface area contributed by atoms with E-state index in [1.54, 1.807) is 12.1 Å². The largest absolute Gasteiger partial charge is 0.456 e. The van der Waals surface area contributed by atoms with Crippen LogP contribution in [0.3, 0.4) is 0 Å². The number of hydrogen-bond acceptors (Lipinski definition) is 7. The first-order chi connectivity index (χ1) is 21.0. The van der Waals surface area contributed by atoms with E-state index in [4.69, 9.17) is 23.7 Å². The van der Waals surface area contributed by atoms with Crippen molar-refractivity contribution in [2.45, 2.75) is 61.5 Å². The highest BCUT2D eigenvalue weighted by molar-refractivity contribution is 7.99. The molecule has 0 N–H and O–H groups in total. The third-order valence-corrected chi connectivity index (χ3v) is 8.08. The fourth-order valence-corrected chi connectivity index (χ4v) is 5.97. The predicted octanol–water partition coefficient (Wildman–Crippen LogP) is 6.96. The molecule has 1 saturated heterocycles. The van der Waals surface area contributed by atoms with Gasteiger partial charge in [-0.2, -0.15) is 0 Å². The molecule has 8 heteroatoms. The lowest BCUT2D eigenvalue weighted by Gasteiger charge is -2.45. The van der Waals surface area contributed by atoms with Crippen LogP contribution in [0.25, 0.3) is 0 Å². The van der Waals surface area contributed by atoms with Crippen LogP contribution in [0.2, 0.25) is 0 Å². The van der Waals surface area contributed by atoms with E-state index in [9.17, 15) is 9.18 Å². The van der Waals surface area contributed by atoms with Gasteiger partial charge in [0.1, 0.15) is 29.6 Å². The fourth-order valence-electron chi connectivity index (χ4n) is 4.86. The molecule has 1 aliphatic heterocycles. The number of hydrogen-bond donors (Lipinski definition) is 0. The molecule has 0 aromatic heterocycles. The molecular weight excluding hydrogens is 567 g/mol. The van der Waals surface area contributed by atoms with Gasteiger partial charge in [-0.25, -0.2) is 4.39 Å². The third-order valence-electron chi connectivity index (χ3n) is 6.92. The fraction of sp³-hybridized carbons (Fsp3) is 0.286. The minimum atomic E-state index is -0.817. The van der Waals surface area contributed by atoms with Crippen LogP contribution in [-0.2, 0) is 48.3 Å². The van der Waals surface area contributed by atoms with Crippen LogP contribution in [0.1, 0.15) is 23.6 Å². The first kappa shape index (κ1) is 30.9. The number of esters is 1. The topological polar surface area (TPSA) is 63.2 Å². The number of thioether (sulfide) groups is 1. The maximum atomic E-state index is 13.7. The Morgan fingerprint density at radius 2 is 1.21 bits per heavy atom. The summed E-state index contributed by atoms with van der Waals surface area (Å²) in [4.78, 5) is 13.2. The molecule has 224 valence electrons. The standard InChI is InChI=1S/C35H35FO6S/c1-25(37)41-34-33(40-23-28-15-9-4-10-16-28)32(39-22-27-13-7-3-8-14-27)31(24-38-21-26-11-5-2-6-12-26)42-35(34)43-30-19-17-29(36)18-20-30/h2-20,31-35H,21-24H2,1H3/t31-,32-,33+,34+,35-/m1/s1. The van der Waals surface area contributed by atoms with E-state index in [2.05, 4.69) is 0 Å². The lowest BCUT2D eigenvalue weighted by Crippen LogP contribution is -2.60. The Morgan fingerprint density at radius 1 is 0.698 bits per heavy atom. The zero-order valence-electron chi connectivity index (χ0n) is 23.9. The van der Waals surface area contributed by atoms with Crippen molar-refractivity contribution in [3.8, 4) is 0 Å². The van der Waals surface area contributed by atoms with E-state index in [1.807, 2.05) is 91.0 Å².